The average Bonchev–Trinajstić information content (AvgIpc) is 2.34. The molecule has 0 radical (unpaired) electrons. The maximum absolute atomic E-state index is 12.1. The normalized spacial score (nSPS) is 24.4. The van der Waals surface area contributed by atoms with E-state index in [0.717, 1.165) is 25.9 Å². The molecule has 1 aliphatic rings. The van der Waals surface area contributed by atoms with Crippen molar-refractivity contribution < 1.29 is 14.7 Å². The SMILES string of the molecule is CCC1CC(NC(=O)C(C)(C)C)CN(CCC(=O)O)C1. The predicted octanol–water partition coefficient (Wildman–Crippen LogP) is 1.72. The van der Waals surface area contributed by atoms with Gasteiger partial charge in [0.05, 0.1) is 6.42 Å². The molecule has 2 unspecified atom stereocenters. The summed E-state index contributed by atoms with van der Waals surface area (Å²) in [6, 6.07) is 0.134. The molecule has 20 heavy (non-hydrogen) atoms. The molecule has 0 bridgehead atoms. The Morgan fingerprint density at radius 2 is 1.95 bits per heavy atom. The molecule has 2 atom stereocenters. The zero-order valence-electron chi connectivity index (χ0n) is 13.1. The van der Waals surface area contributed by atoms with Crippen LogP contribution in [0.2, 0.25) is 0 Å². The van der Waals surface area contributed by atoms with Crippen molar-refractivity contribution >= 4 is 11.9 Å². The highest BCUT2D eigenvalue weighted by Gasteiger charge is 2.30. The van der Waals surface area contributed by atoms with Gasteiger partial charge < -0.3 is 15.3 Å². The number of nitrogens with zero attached hydrogens (tertiary/aromatic N) is 1. The Hall–Kier alpha value is -1.10. The molecular weight excluding hydrogens is 256 g/mol. The molecule has 2 N–H and O–H groups in total. The highest BCUT2D eigenvalue weighted by atomic mass is 16.4. The largest absolute Gasteiger partial charge is 0.481 e. The fraction of sp³-hybridized carbons (Fsp3) is 0.867. The van der Waals surface area contributed by atoms with Crippen molar-refractivity contribution in [2.45, 2.75) is 53.0 Å². The number of aliphatic carboxylic acids is 1. The first-order valence-electron chi connectivity index (χ1n) is 7.47. The van der Waals surface area contributed by atoms with Gasteiger partial charge in [-0.2, -0.15) is 0 Å². The van der Waals surface area contributed by atoms with Crippen molar-refractivity contribution in [3.63, 3.8) is 0 Å². The molecule has 0 aromatic carbocycles. The minimum absolute atomic E-state index is 0.0671. The van der Waals surface area contributed by atoms with Gasteiger partial charge in [0.15, 0.2) is 0 Å². The summed E-state index contributed by atoms with van der Waals surface area (Å²) in [7, 11) is 0. The fourth-order valence-electron chi connectivity index (χ4n) is 2.54. The van der Waals surface area contributed by atoms with Gasteiger partial charge in [-0.15, -0.1) is 0 Å². The number of likely N-dealkylation sites (tertiary alicyclic amines) is 1. The van der Waals surface area contributed by atoms with E-state index in [1.54, 1.807) is 0 Å². The Bertz CT molecular complexity index is 350. The lowest BCUT2D eigenvalue weighted by atomic mass is 9.90. The van der Waals surface area contributed by atoms with E-state index in [9.17, 15) is 9.59 Å². The Labute approximate surface area is 121 Å². The van der Waals surface area contributed by atoms with Crippen LogP contribution >= 0.6 is 0 Å². The molecule has 116 valence electrons. The van der Waals surface area contributed by atoms with Crippen LogP contribution in [0.3, 0.4) is 0 Å². The van der Waals surface area contributed by atoms with Gasteiger partial charge in [-0.1, -0.05) is 34.1 Å². The van der Waals surface area contributed by atoms with Crippen molar-refractivity contribution in [1.29, 1.82) is 0 Å². The number of carboxylic acid groups (broad SMARTS) is 1. The Balaban J connectivity index is 2.57. The Kier molecular flexibility index (Phi) is 5.99. The van der Waals surface area contributed by atoms with Crippen LogP contribution in [0.5, 0.6) is 0 Å². The number of hydrogen-bond acceptors (Lipinski definition) is 3. The Morgan fingerprint density at radius 3 is 2.45 bits per heavy atom. The van der Waals surface area contributed by atoms with E-state index >= 15 is 0 Å². The van der Waals surface area contributed by atoms with Crippen LogP contribution in [0.15, 0.2) is 0 Å². The molecule has 0 spiro atoms. The van der Waals surface area contributed by atoms with Gasteiger partial charge in [0.1, 0.15) is 0 Å². The molecule has 0 saturated carbocycles. The summed E-state index contributed by atoms with van der Waals surface area (Å²) in [6.45, 7) is 10.1. The van der Waals surface area contributed by atoms with E-state index < -0.39 is 5.97 Å². The fourth-order valence-corrected chi connectivity index (χ4v) is 2.54. The van der Waals surface area contributed by atoms with E-state index in [1.807, 2.05) is 20.8 Å². The van der Waals surface area contributed by atoms with Crippen molar-refractivity contribution in [1.82, 2.24) is 10.2 Å². The third-order valence-electron chi connectivity index (χ3n) is 3.85. The number of carbonyl (C=O) groups excluding carboxylic acids is 1. The van der Waals surface area contributed by atoms with Gasteiger partial charge in [-0.05, 0) is 12.3 Å². The lowest BCUT2D eigenvalue weighted by molar-refractivity contribution is -0.137. The minimum atomic E-state index is -0.765. The number of rotatable bonds is 5. The van der Waals surface area contributed by atoms with Crippen LogP contribution < -0.4 is 5.32 Å². The molecule has 1 aliphatic heterocycles. The molecule has 1 heterocycles. The van der Waals surface area contributed by atoms with Gasteiger partial charge >= 0.3 is 5.97 Å². The summed E-state index contributed by atoms with van der Waals surface area (Å²) >= 11 is 0. The first-order chi connectivity index (χ1) is 9.22. The summed E-state index contributed by atoms with van der Waals surface area (Å²) < 4.78 is 0. The van der Waals surface area contributed by atoms with Crippen molar-refractivity contribution in [3.8, 4) is 0 Å². The van der Waals surface area contributed by atoms with E-state index in [2.05, 4.69) is 17.1 Å². The highest BCUT2D eigenvalue weighted by Crippen LogP contribution is 2.21. The molecule has 1 rings (SSSR count). The van der Waals surface area contributed by atoms with Crippen LogP contribution in [-0.4, -0.2) is 47.6 Å². The number of hydrogen-bond donors (Lipinski definition) is 2. The predicted molar refractivity (Wildman–Crippen MR) is 78.5 cm³/mol. The van der Waals surface area contributed by atoms with Gasteiger partial charge in [0.25, 0.3) is 0 Å². The summed E-state index contributed by atoms with van der Waals surface area (Å²) in [5.74, 6) is -0.167. The maximum Gasteiger partial charge on any atom is 0.304 e. The standard InChI is InChI=1S/C15H28N2O3/c1-5-11-8-12(16-14(20)15(2,3)4)10-17(9-11)7-6-13(18)19/h11-12H,5-10H2,1-4H3,(H,16,20)(H,18,19). The average molecular weight is 284 g/mol. The third kappa shape index (κ3) is 5.49. The first kappa shape index (κ1) is 17.0. The maximum atomic E-state index is 12.1. The molecular formula is C15H28N2O3. The summed E-state index contributed by atoms with van der Waals surface area (Å²) in [6.07, 6.45) is 2.21. The van der Waals surface area contributed by atoms with Crippen LogP contribution in [0.1, 0.15) is 47.0 Å². The van der Waals surface area contributed by atoms with Crippen LogP contribution in [-0.2, 0) is 9.59 Å². The molecule has 0 aromatic heterocycles. The van der Waals surface area contributed by atoms with E-state index in [1.165, 1.54) is 0 Å². The second kappa shape index (κ2) is 7.07. The lowest BCUT2D eigenvalue weighted by Crippen LogP contribution is -2.53. The quantitative estimate of drug-likeness (QED) is 0.806. The number of nitrogens with one attached hydrogen (secondary N) is 1. The van der Waals surface area contributed by atoms with Gasteiger partial charge in [-0.3, -0.25) is 9.59 Å². The molecule has 0 aliphatic carbocycles. The van der Waals surface area contributed by atoms with Crippen molar-refractivity contribution in [2.75, 3.05) is 19.6 Å². The minimum Gasteiger partial charge on any atom is -0.481 e. The Morgan fingerprint density at radius 1 is 1.30 bits per heavy atom. The molecule has 0 aromatic rings. The smallest absolute Gasteiger partial charge is 0.304 e. The zero-order chi connectivity index (χ0) is 15.3. The second-order valence-corrected chi connectivity index (χ2v) is 6.83. The molecule has 1 saturated heterocycles. The highest BCUT2D eigenvalue weighted by molar-refractivity contribution is 5.81. The molecule has 1 fully saturated rings. The van der Waals surface area contributed by atoms with Crippen LogP contribution in [0.25, 0.3) is 0 Å². The number of piperidine rings is 1. The topological polar surface area (TPSA) is 69.6 Å². The molecule has 1 amide bonds. The first-order valence-corrected chi connectivity index (χ1v) is 7.47. The summed E-state index contributed by atoms with van der Waals surface area (Å²) in [5, 5.41) is 11.9. The van der Waals surface area contributed by atoms with E-state index in [4.69, 9.17) is 5.11 Å². The summed E-state index contributed by atoms with van der Waals surface area (Å²) in [4.78, 5) is 24.9. The third-order valence-corrected chi connectivity index (χ3v) is 3.85. The van der Waals surface area contributed by atoms with E-state index in [-0.39, 0.29) is 23.8 Å². The van der Waals surface area contributed by atoms with Crippen LogP contribution in [0, 0.1) is 11.3 Å². The monoisotopic (exact) mass is 284 g/mol. The van der Waals surface area contributed by atoms with Gasteiger partial charge in [0.2, 0.25) is 5.91 Å². The molecule has 5 heteroatoms. The van der Waals surface area contributed by atoms with Crippen LogP contribution in [0.4, 0.5) is 0 Å². The van der Waals surface area contributed by atoms with Crippen molar-refractivity contribution in [2.24, 2.45) is 11.3 Å². The second-order valence-electron chi connectivity index (χ2n) is 6.83. The van der Waals surface area contributed by atoms with E-state index in [0.29, 0.717) is 12.5 Å². The van der Waals surface area contributed by atoms with Gasteiger partial charge in [-0.25, -0.2) is 0 Å². The number of amides is 1. The summed E-state index contributed by atoms with van der Waals surface area (Å²) in [5.41, 5.74) is -0.384. The number of carbonyl (C=O) groups is 2. The number of carboxylic acids is 1. The lowest BCUT2D eigenvalue weighted by Gasteiger charge is -2.38. The van der Waals surface area contributed by atoms with Gasteiger partial charge in [0, 0.05) is 31.1 Å². The zero-order valence-corrected chi connectivity index (χ0v) is 13.1. The molecule has 5 nitrogen and oxygen atoms in total. The van der Waals surface area contributed by atoms with Crippen molar-refractivity contribution in [3.05, 3.63) is 0 Å².